The molecule has 1 aliphatic carbocycles. The first kappa shape index (κ1) is 16.5. The lowest BCUT2D eigenvalue weighted by atomic mass is 9.93. The van der Waals surface area contributed by atoms with Crippen LogP contribution in [0.4, 0.5) is 5.82 Å². The molecule has 6 nitrogen and oxygen atoms in total. The SMILES string of the molecule is CC(C)CC[C@@H]1CCC[C@@H]1NC(=O)C(=O)Nc1ccn(C)n1. The van der Waals surface area contributed by atoms with Gasteiger partial charge in [-0.3, -0.25) is 14.3 Å². The normalized spacial score (nSPS) is 21.1. The molecule has 1 saturated carbocycles. The van der Waals surface area contributed by atoms with E-state index in [-0.39, 0.29) is 6.04 Å². The number of amides is 2. The number of aryl methyl sites for hydroxylation is 1. The molecule has 0 spiro atoms. The molecule has 2 N–H and O–H groups in total. The zero-order chi connectivity index (χ0) is 16.1. The van der Waals surface area contributed by atoms with Crippen LogP contribution in [0.25, 0.3) is 0 Å². The number of hydrogen-bond acceptors (Lipinski definition) is 3. The fraction of sp³-hybridized carbons (Fsp3) is 0.688. The van der Waals surface area contributed by atoms with Gasteiger partial charge in [0.25, 0.3) is 0 Å². The number of rotatable bonds is 5. The molecule has 0 radical (unpaired) electrons. The second-order valence-corrected chi connectivity index (χ2v) is 6.57. The Balaban J connectivity index is 1.83. The van der Waals surface area contributed by atoms with Crippen molar-refractivity contribution in [1.82, 2.24) is 15.1 Å². The highest BCUT2D eigenvalue weighted by molar-refractivity contribution is 6.39. The first-order chi connectivity index (χ1) is 10.5. The number of aromatic nitrogens is 2. The standard InChI is InChI=1S/C16H26N4O2/c1-11(2)7-8-12-5-4-6-13(12)17-15(21)16(22)18-14-9-10-20(3)19-14/h9-13H,4-8H2,1-3H3,(H,17,21)(H,18,19,22)/t12-,13-/m0/s1. The molecule has 1 aromatic rings. The van der Waals surface area contributed by atoms with Crippen molar-refractivity contribution >= 4 is 17.6 Å². The quantitative estimate of drug-likeness (QED) is 0.818. The van der Waals surface area contributed by atoms with Crippen LogP contribution in [0.5, 0.6) is 0 Å². The lowest BCUT2D eigenvalue weighted by Crippen LogP contribution is -2.43. The summed E-state index contributed by atoms with van der Waals surface area (Å²) in [5, 5.41) is 9.45. The largest absolute Gasteiger partial charge is 0.345 e. The van der Waals surface area contributed by atoms with E-state index in [1.165, 1.54) is 0 Å². The van der Waals surface area contributed by atoms with Gasteiger partial charge < -0.3 is 10.6 Å². The predicted octanol–water partition coefficient (Wildman–Crippen LogP) is 2.08. The lowest BCUT2D eigenvalue weighted by molar-refractivity contribution is -0.136. The Kier molecular flexibility index (Phi) is 5.57. The second kappa shape index (κ2) is 7.42. The maximum atomic E-state index is 12.0. The van der Waals surface area contributed by atoms with Gasteiger partial charge in [-0.1, -0.05) is 26.7 Å². The van der Waals surface area contributed by atoms with Crippen LogP contribution in [0.1, 0.15) is 46.0 Å². The van der Waals surface area contributed by atoms with Crippen molar-refractivity contribution in [2.24, 2.45) is 18.9 Å². The molecule has 0 unspecified atom stereocenters. The molecule has 1 aromatic heterocycles. The summed E-state index contributed by atoms with van der Waals surface area (Å²) in [5.74, 6) is 0.351. The average Bonchev–Trinajstić information content (AvgIpc) is 3.05. The molecule has 2 amide bonds. The third-order valence-electron chi connectivity index (χ3n) is 4.25. The van der Waals surface area contributed by atoms with Crippen LogP contribution in [-0.2, 0) is 16.6 Å². The smallest absolute Gasteiger partial charge is 0.314 e. The van der Waals surface area contributed by atoms with Gasteiger partial charge in [0, 0.05) is 25.4 Å². The van der Waals surface area contributed by atoms with Crippen LogP contribution >= 0.6 is 0 Å². The molecule has 6 heteroatoms. The van der Waals surface area contributed by atoms with E-state index in [1.54, 1.807) is 24.0 Å². The van der Waals surface area contributed by atoms with Crippen LogP contribution < -0.4 is 10.6 Å². The highest BCUT2D eigenvalue weighted by atomic mass is 16.2. The van der Waals surface area contributed by atoms with E-state index in [1.807, 2.05) is 0 Å². The van der Waals surface area contributed by atoms with Gasteiger partial charge in [0.05, 0.1) is 0 Å². The Morgan fingerprint density at radius 1 is 1.36 bits per heavy atom. The average molecular weight is 306 g/mol. The van der Waals surface area contributed by atoms with Crippen molar-refractivity contribution in [2.45, 2.75) is 52.0 Å². The van der Waals surface area contributed by atoms with Gasteiger partial charge in [0.1, 0.15) is 0 Å². The molecule has 1 heterocycles. The number of hydrogen-bond donors (Lipinski definition) is 2. The first-order valence-corrected chi connectivity index (χ1v) is 8.07. The lowest BCUT2D eigenvalue weighted by Gasteiger charge is -2.21. The predicted molar refractivity (Wildman–Crippen MR) is 85.2 cm³/mol. The maximum absolute atomic E-state index is 12.0. The van der Waals surface area contributed by atoms with E-state index >= 15 is 0 Å². The highest BCUT2D eigenvalue weighted by Crippen LogP contribution is 2.30. The number of carbonyl (C=O) groups is 2. The van der Waals surface area contributed by atoms with Crippen molar-refractivity contribution in [1.29, 1.82) is 0 Å². The molecular formula is C16H26N4O2. The van der Waals surface area contributed by atoms with Crippen molar-refractivity contribution in [3.05, 3.63) is 12.3 Å². The third kappa shape index (κ3) is 4.58. The van der Waals surface area contributed by atoms with Gasteiger partial charge in [0.15, 0.2) is 5.82 Å². The molecule has 22 heavy (non-hydrogen) atoms. The molecule has 2 rings (SSSR count). The number of anilines is 1. The van der Waals surface area contributed by atoms with Gasteiger partial charge in [-0.05, 0) is 31.1 Å². The van der Waals surface area contributed by atoms with E-state index in [0.717, 1.165) is 32.1 Å². The molecule has 0 aliphatic heterocycles. The van der Waals surface area contributed by atoms with E-state index in [4.69, 9.17) is 0 Å². The summed E-state index contributed by atoms with van der Waals surface area (Å²) < 4.78 is 1.58. The van der Waals surface area contributed by atoms with E-state index in [9.17, 15) is 9.59 Å². The van der Waals surface area contributed by atoms with Gasteiger partial charge in [-0.15, -0.1) is 0 Å². The van der Waals surface area contributed by atoms with Crippen LogP contribution in [0.3, 0.4) is 0 Å². The van der Waals surface area contributed by atoms with Crippen LogP contribution in [0.15, 0.2) is 12.3 Å². The minimum Gasteiger partial charge on any atom is -0.345 e. The number of carbonyl (C=O) groups excluding carboxylic acids is 2. The minimum absolute atomic E-state index is 0.126. The first-order valence-electron chi connectivity index (χ1n) is 8.07. The molecule has 0 bridgehead atoms. The third-order valence-corrected chi connectivity index (χ3v) is 4.25. The Morgan fingerprint density at radius 2 is 2.14 bits per heavy atom. The topological polar surface area (TPSA) is 76.0 Å². The monoisotopic (exact) mass is 306 g/mol. The summed E-state index contributed by atoms with van der Waals surface area (Å²) >= 11 is 0. The molecule has 1 aliphatic rings. The zero-order valence-corrected chi connectivity index (χ0v) is 13.6. The van der Waals surface area contributed by atoms with Crippen LogP contribution in [0, 0.1) is 11.8 Å². The maximum Gasteiger partial charge on any atom is 0.314 e. The molecule has 0 aromatic carbocycles. The number of nitrogens with zero attached hydrogens (tertiary/aromatic N) is 2. The van der Waals surface area contributed by atoms with E-state index in [0.29, 0.717) is 17.7 Å². The summed E-state index contributed by atoms with van der Waals surface area (Å²) in [6, 6.07) is 1.78. The van der Waals surface area contributed by atoms with Crippen molar-refractivity contribution in [2.75, 3.05) is 5.32 Å². The molecular weight excluding hydrogens is 280 g/mol. The Bertz CT molecular complexity index is 524. The van der Waals surface area contributed by atoms with Crippen molar-refractivity contribution < 1.29 is 9.59 Å². The molecule has 122 valence electrons. The fourth-order valence-corrected chi connectivity index (χ4v) is 3.01. The van der Waals surface area contributed by atoms with Crippen LogP contribution in [-0.4, -0.2) is 27.6 Å². The zero-order valence-electron chi connectivity index (χ0n) is 13.6. The Hall–Kier alpha value is -1.85. The molecule has 2 atom stereocenters. The fourth-order valence-electron chi connectivity index (χ4n) is 3.01. The summed E-state index contributed by atoms with van der Waals surface area (Å²) in [6.45, 7) is 4.42. The van der Waals surface area contributed by atoms with Gasteiger partial charge in [0.2, 0.25) is 0 Å². The van der Waals surface area contributed by atoms with E-state index < -0.39 is 11.8 Å². The minimum atomic E-state index is -0.645. The van der Waals surface area contributed by atoms with E-state index in [2.05, 4.69) is 29.6 Å². The highest BCUT2D eigenvalue weighted by Gasteiger charge is 2.30. The summed E-state index contributed by atoms with van der Waals surface area (Å²) in [5.41, 5.74) is 0. The van der Waals surface area contributed by atoms with Gasteiger partial charge in [-0.25, -0.2) is 0 Å². The van der Waals surface area contributed by atoms with Gasteiger partial charge in [-0.2, -0.15) is 5.10 Å². The summed E-state index contributed by atoms with van der Waals surface area (Å²) in [6.07, 6.45) is 7.22. The van der Waals surface area contributed by atoms with Crippen LogP contribution in [0.2, 0.25) is 0 Å². The number of nitrogens with one attached hydrogen (secondary N) is 2. The van der Waals surface area contributed by atoms with Crippen molar-refractivity contribution in [3.63, 3.8) is 0 Å². The summed E-state index contributed by atoms with van der Waals surface area (Å²) in [4.78, 5) is 23.9. The second-order valence-electron chi connectivity index (χ2n) is 6.57. The molecule has 1 fully saturated rings. The molecule has 0 saturated heterocycles. The Labute approximate surface area is 131 Å². The van der Waals surface area contributed by atoms with Crippen molar-refractivity contribution in [3.8, 4) is 0 Å². The Morgan fingerprint density at radius 3 is 2.77 bits per heavy atom. The summed E-state index contributed by atoms with van der Waals surface area (Å²) in [7, 11) is 1.76. The van der Waals surface area contributed by atoms with Gasteiger partial charge >= 0.3 is 11.8 Å².